The van der Waals surface area contributed by atoms with Crippen molar-refractivity contribution in [2.45, 2.75) is 71.3 Å². The molecule has 180 valence electrons. The van der Waals surface area contributed by atoms with Gasteiger partial charge in [0.1, 0.15) is 5.75 Å². The molecule has 1 aromatic heterocycles. The van der Waals surface area contributed by atoms with Crippen LogP contribution in [0.15, 0.2) is 60.9 Å². The Bertz CT molecular complexity index is 984. The molecule has 0 unspecified atom stereocenters. The van der Waals surface area contributed by atoms with Gasteiger partial charge in [-0.3, -0.25) is 0 Å². The van der Waals surface area contributed by atoms with Crippen LogP contribution in [0.3, 0.4) is 0 Å². The average Bonchev–Trinajstić information content (AvgIpc) is 2.86. The molecule has 0 saturated carbocycles. The monoisotopic (exact) mass is 464 g/mol. The number of ether oxygens (including phenoxy) is 1. The normalized spacial score (nSPS) is 11.4. The van der Waals surface area contributed by atoms with Gasteiger partial charge in [0, 0.05) is 18.0 Å². The highest BCUT2D eigenvalue weighted by Crippen LogP contribution is 2.19. The highest BCUT2D eigenvalue weighted by molar-refractivity contribution is 5.71. The number of aryl methyl sites for hydroxylation is 1. The lowest BCUT2D eigenvalue weighted by atomic mass is 10.1. The molecule has 1 heterocycles. The van der Waals surface area contributed by atoms with E-state index in [2.05, 4.69) is 21.6 Å². The summed E-state index contributed by atoms with van der Waals surface area (Å²) in [6.07, 6.45) is 19.4. The third kappa shape index (κ3) is 9.05. The Labute approximate surface area is 201 Å². The summed E-state index contributed by atoms with van der Waals surface area (Å²) >= 11 is 0. The molecule has 3 aromatic rings. The minimum Gasteiger partial charge on any atom is -0.435 e. The van der Waals surface area contributed by atoms with Crippen molar-refractivity contribution >= 4 is 12.2 Å². The van der Waals surface area contributed by atoms with Gasteiger partial charge >= 0.3 is 6.61 Å². The predicted octanol–water partition coefficient (Wildman–Crippen LogP) is 8.60. The van der Waals surface area contributed by atoms with Gasteiger partial charge in [0.2, 0.25) is 0 Å². The van der Waals surface area contributed by atoms with Crippen molar-refractivity contribution in [2.75, 3.05) is 0 Å². The summed E-state index contributed by atoms with van der Waals surface area (Å²) in [6.45, 7) is -0.557. The van der Waals surface area contributed by atoms with Crippen molar-refractivity contribution in [3.8, 4) is 17.1 Å². The Hall–Kier alpha value is -3.08. The Morgan fingerprint density at radius 1 is 0.735 bits per heavy atom. The van der Waals surface area contributed by atoms with Crippen molar-refractivity contribution < 1.29 is 13.5 Å². The first-order valence-corrected chi connectivity index (χ1v) is 12.3. The summed E-state index contributed by atoms with van der Waals surface area (Å²) in [5.74, 6) is 0.880. The molecule has 0 N–H and O–H groups in total. The maximum Gasteiger partial charge on any atom is 0.387 e. The number of halogens is 2. The van der Waals surface area contributed by atoms with Gasteiger partial charge in [0.05, 0.1) is 0 Å². The number of nitrogens with zero attached hydrogens (tertiary/aromatic N) is 2. The van der Waals surface area contributed by atoms with Crippen molar-refractivity contribution in [3.63, 3.8) is 0 Å². The summed E-state index contributed by atoms with van der Waals surface area (Å²) in [5, 5.41) is 0. The van der Waals surface area contributed by atoms with Crippen molar-refractivity contribution in [1.82, 2.24) is 9.97 Å². The lowest BCUT2D eigenvalue weighted by molar-refractivity contribution is -0.0498. The molecule has 0 amide bonds. The zero-order chi connectivity index (χ0) is 24.0. The number of alkyl halides is 2. The van der Waals surface area contributed by atoms with Gasteiger partial charge in [0.15, 0.2) is 5.82 Å². The first kappa shape index (κ1) is 25.5. The number of hydrogen-bond donors (Lipinski definition) is 0. The Morgan fingerprint density at radius 3 is 1.82 bits per heavy atom. The SMILES string of the molecule is CCCCCCCCCCc1cnc(-c2ccc(/C=C/c3ccc(OC(F)F)cc3)cc2)nc1. The molecule has 5 heteroatoms. The summed E-state index contributed by atoms with van der Waals surface area (Å²) in [4.78, 5) is 9.11. The van der Waals surface area contributed by atoms with Crippen LogP contribution in [0.2, 0.25) is 0 Å². The largest absolute Gasteiger partial charge is 0.435 e. The second-order valence-electron chi connectivity index (χ2n) is 8.54. The fraction of sp³-hybridized carbons (Fsp3) is 0.379. The fourth-order valence-electron chi connectivity index (χ4n) is 3.79. The zero-order valence-electron chi connectivity index (χ0n) is 19.9. The van der Waals surface area contributed by atoms with E-state index in [1.54, 1.807) is 12.1 Å². The van der Waals surface area contributed by atoms with E-state index >= 15 is 0 Å². The highest BCUT2D eigenvalue weighted by Gasteiger charge is 2.04. The van der Waals surface area contributed by atoms with Crippen molar-refractivity contribution in [2.24, 2.45) is 0 Å². The minimum absolute atomic E-state index is 0.153. The number of rotatable bonds is 14. The second kappa shape index (κ2) is 14.2. The maximum atomic E-state index is 12.2. The summed E-state index contributed by atoms with van der Waals surface area (Å²) in [6, 6.07) is 14.6. The third-order valence-electron chi connectivity index (χ3n) is 5.77. The molecule has 0 aliphatic carbocycles. The molecule has 0 bridgehead atoms. The van der Waals surface area contributed by atoms with E-state index < -0.39 is 6.61 Å². The van der Waals surface area contributed by atoms with Crippen LogP contribution in [0.25, 0.3) is 23.5 Å². The molecule has 0 saturated heterocycles. The first-order chi connectivity index (χ1) is 16.6. The average molecular weight is 465 g/mol. The molecular formula is C29H34F2N2O. The van der Waals surface area contributed by atoms with Crippen LogP contribution in [0.5, 0.6) is 5.75 Å². The lowest BCUT2D eigenvalue weighted by Crippen LogP contribution is -2.01. The predicted molar refractivity (Wildman–Crippen MR) is 136 cm³/mol. The lowest BCUT2D eigenvalue weighted by Gasteiger charge is -2.05. The van der Waals surface area contributed by atoms with Crippen LogP contribution in [-0.2, 0) is 6.42 Å². The summed E-state index contributed by atoms with van der Waals surface area (Å²) < 4.78 is 28.8. The van der Waals surface area contributed by atoms with Crippen molar-refractivity contribution in [3.05, 3.63) is 77.6 Å². The first-order valence-electron chi connectivity index (χ1n) is 12.3. The molecule has 0 radical (unpaired) electrons. The molecule has 0 aliphatic heterocycles. The minimum atomic E-state index is -2.81. The molecular weight excluding hydrogens is 430 g/mol. The molecule has 0 spiro atoms. The van der Waals surface area contributed by atoms with E-state index in [0.717, 1.165) is 28.9 Å². The van der Waals surface area contributed by atoms with Crippen LogP contribution in [-0.4, -0.2) is 16.6 Å². The van der Waals surface area contributed by atoms with E-state index in [1.807, 2.05) is 48.8 Å². The van der Waals surface area contributed by atoms with Gasteiger partial charge < -0.3 is 4.74 Å². The quantitative estimate of drug-likeness (QED) is 0.177. The maximum absolute atomic E-state index is 12.2. The fourth-order valence-corrected chi connectivity index (χ4v) is 3.79. The van der Waals surface area contributed by atoms with Gasteiger partial charge in [-0.05, 0) is 41.7 Å². The highest BCUT2D eigenvalue weighted by atomic mass is 19.3. The molecule has 0 atom stereocenters. The summed E-state index contributed by atoms with van der Waals surface area (Å²) in [7, 11) is 0. The molecule has 0 aliphatic rings. The van der Waals surface area contributed by atoms with Gasteiger partial charge in [-0.1, -0.05) is 100 Å². The second-order valence-corrected chi connectivity index (χ2v) is 8.54. The molecule has 2 aromatic carbocycles. The number of unbranched alkanes of at least 4 members (excludes halogenated alkanes) is 7. The van der Waals surface area contributed by atoms with Gasteiger partial charge in [-0.25, -0.2) is 9.97 Å². The van der Waals surface area contributed by atoms with Crippen molar-refractivity contribution in [1.29, 1.82) is 0 Å². The van der Waals surface area contributed by atoms with Crippen LogP contribution in [0.4, 0.5) is 8.78 Å². The van der Waals surface area contributed by atoms with Crippen LogP contribution < -0.4 is 4.74 Å². The summed E-state index contributed by atoms with van der Waals surface area (Å²) in [5.41, 5.74) is 4.10. The number of aromatic nitrogens is 2. The van der Waals surface area contributed by atoms with E-state index in [1.165, 1.54) is 69.1 Å². The molecule has 0 fully saturated rings. The van der Waals surface area contributed by atoms with Gasteiger partial charge in [-0.2, -0.15) is 8.78 Å². The Balaban J connectivity index is 1.44. The topological polar surface area (TPSA) is 35.0 Å². The van der Waals surface area contributed by atoms with Gasteiger partial charge in [-0.15, -0.1) is 0 Å². The van der Waals surface area contributed by atoms with Crippen LogP contribution in [0.1, 0.15) is 75.0 Å². The third-order valence-corrected chi connectivity index (χ3v) is 5.77. The van der Waals surface area contributed by atoms with E-state index in [4.69, 9.17) is 0 Å². The smallest absolute Gasteiger partial charge is 0.387 e. The van der Waals surface area contributed by atoms with Crippen LogP contribution >= 0.6 is 0 Å². The van der Waals surface area contributed by atoms with E-state index in [9.17, 15) is 8.78 Å². The molecule has 34 heavy (non-hydrogen) atoms. The Kier molecular flexibility index (Phi) is 10.7. The molecule has 3 nitrogen and oxygen atoms in total. The Morgan fingerprint density at radius 2 is 1.26 bits per heavy atom. The van der Waals surface area contributed by atoms with Crippen LogP contribution in [0, 0.1) is 0 Å². The molecule has 3 rings (SSSR count). The van der Waals surface area contributed by atoms with E-state index in [0.29, 0.717) is 0 Å². The number of hydrogen-bond acceptors (Lipinski definition) is 3. The van der Waals surface area contributed by atoms with Gasteiger partial charge in [0.25, 0.3) is 0 Å². The standard InChI is InChI=1S/C29H34F2N2O/c1-2-3-4-5-6-7-8-9-10-25-21-32-28(33-22-25)26-17-13-23(14-18-26)11-12-24-15-19-27(20-16-24)34-29(30)31/h11-22,29H,2-10H2,1H3/b12-11+. The number of benzene rings is 2. The zero-order valence-corrected chi connectivity index (χ0v) is 19.9. The van der Waals surface area contributed by atoms with E-state index in [-0.39, 0.29) is 5.75 Å².